The van der Waals surface area contributed by atoms with Crippen molar-refractivity contribution >= 4 is 17.9 Å². The van der Waals surface area contributed by atoms with Crippen molar-refractivity contribution < 1.29 is 5.11 Å². The molecule has 0 saturated heterocycles. The number of aromatic hydroxyl groups is 1. The quantitative estimate of drug-likeness (QED) is 0.650. The Hall–Kier alpha value is -1.43. The predicted octanol–water partition coefficient (Wildman–Crippen LogP) is 1.50. The molecule has 2 heterocycles. The van der Waals surface area contributed by atoms with Crippen LogP contribution in [0.4, 0.5) is 0 Å². The zero-order chi connectivity index (χ0) is 11.5. The van der Waals surface area contributed by atoms with Crippen LogP contribution >= 0.6 is 12.2 Å². The van der Waals surface area contributed by atoms with Gasteiger partial charge >= 0.3 is 0 Å². The van der Waals surface area contributed by atoms with Gasteiger partial charge in [0.05, 0.1) is 5.71 Å². The molecule has 0 aromatic carbocycles. The third-order valence-electron chi connectivity index (χ3n) is 2.59. The predicted molar refractivity (Wildman–Crippen MR) is 63.8 cm³/mol. The molecule has 0 spiro atoms. The van der Waals surface area contributed by atoms with Crippen molar-refractivity contribution in [3.05, 3.63) is 20.7 Å². The Bertz CT molecular complexity index is 530. The van der Waals surface area contributed by atoms with Crippen molar-refractivity contribution in [2.24, 2.45) is 4.99 Å². The smallest absolute Gasteiger partial charge is 0.264 e. The van der Waals surface area contributed by atoms with Gasteiger partial charge in [0, 0.05) is 6.54 Å². The van der Waals surface area contributed by atoms with Crippen molar-refractivity contribution in [3.8, 4) is 5.88 Å². The number of hydrogen-bond acceptors (Lipinski definition) is 4. The molecule has 0 amide bonds. The second-order valence-corrected chi connectivity index (χ2v) is 4.18. The van der Waals surface area contributed by atoms with Crippen molar-refractivity contribution in [1.29, 1.82) is 0 Å². The number of nitrogens with one attached hydrogen (secondary N) is 2. The van der Waals surface area contributed by atoms with Gasteiger partial charge < -0.3 is 10.1 Å². The summed E-state index contributed by atoms with van der Waals surface area (Å²) in [6.07, 6.45) is 3.86. The molecule has 0 fully saturated rings. The first-order chi connectivity index (χ1) is 7.68. The Morgan fingerprint density at radius 1 is 1.25 bits per heavy atom. The van der Waals surface area contributed by atoms with E-state index >= 15 is 0 Å². The number of H-pyrrole nitrogens is 2. The summed E-state index contributed by atoms with van der Waals surface area (Å²) in [6.45, 7) is 0.712. The number of aliphatic imine (C=N–C) groups is 1. The molecule has 0 unspecified atom stereocenters. The first kappa shape index (κ1) is 11.1. The van der Waals surface area contributed by atoms with E-state index in [-0.39, 0.29) is 21.8 Å². The van der Waals surface area contributed by atoms with E-state index in [1.807, 2.05) is 0 Å². The Kier molecular flexibility index (Phi) is 3.19. The molecule has 0 atom stereocenters. The fourth-order valence-electron chi connectivity index (χ4n) is 1.82. The Morgan fingerprint density at radius 3 is 2.81 bits per heavy atom. The maximum atomic E-state index is 11.7. The minimum atomic E-state index is -0.373. The van der Waals surface area contributed by atoms with Gasteiger partial charge in [0.25, 0.3) is 5.56 Å². The van der Waals surface area contributed by atoms with Crippen molar-refractivity contribution in [2.75, 3.05) is 6.54 Å². The first-order valence-corrected chi connectivity index (χ1v) is 5.68. The van der Waals surface area contributed by atoms with Crippen LogP contribution in [0.3, 0.4) is 0 Å². The minimum absolute atomic E-state index is 0.125. The molecule has 1 aliphatic rings. The van der Waals surface area contributed by atoms with E-state index in [1.54, 1.807) is 0 Å². The van der Waals surface area contributed by atoms with E-state index < -0.39 is 0 Å². The van der Waals surface area contributed by atoms with Crippen LogP contribution in [0.15, 0.2) is 9.79 Å². The lowest BCUT2D eigenvalue weighted by Gasteiger charge is -2.05. The van der Waals surface area contributed by atoms with E-state index in [2.05, 4.69) is 15.0 Å². The molecule has 2 rings (SSSR count). The van der Waals surface area contributed by atoms with Gasteiger partial charge in [-0.1, -0.05) is 6.42 Å². The van der Waals surface area contributed by atoms with Gasteiger partial charge in [0.15, 0.2) is 4.77 Å². The Morgan fingerprint density at radius 2 is 2.06 bits per heavy atom. The molecular formula is C10H13N3O2S. The first-order valence-electron chi connectivity index (χ1n) is 5.28. The lowest BCUT2D eigenvalue weighted by molar-refractivity contribution is 0.448. The molecule has 1 aromatic rings. The van der Waals surface area contributed by atoms with Crippen molar-refractivity contribution in [2.45, 2.75) is 25.7 Å². The molecule has 16 heavy (non-hydrogen) atoms. The van der Waals surface area contributed by atoms with E-state index in [4.69, 9.17) is 12.2 Å². The van der Waals surface area contributed by atoms with E-state index in [0.29, 0.717) is 12.3 Å². The van der Waals surface area contributed by atoms with E-state index in [9.17, 15) is 9.90 Å². The largest absolute Gasteiger partial charge is 0.494 e. The molecule has 3 N–H and O–H groups in total. The average Bonchev–Trinajstić information content (AvgIpc) is 2.44. The standard InChI is InChI=1S/C10H13N3O2S/c14-8-7(9(15)13-10(16)12-8)6-4-2-1-3-5-11-6/h1-5H2,(H3,12,13,14,15,16). The summed E-state index contributed by atoms with van der Waals surface area (Å²) in [5.74, 6) is -0.186. The molecule has 0 aliphatic carbocycles. The van der Waals surface area contributed by atoms with Gasteiger partial charge in [-0.15, -0.1) is 0 Å². The normalized spacial score (nSPS) is 16.6. The van der Waals surface area contributed by atoms with Crippen LogP contribution < -0.4 is 5.56 Å². The van der Waals surface area contributed by atoms with E-state index in [0.717, 1.165) is 25.7 Å². The number of hydrogen-bond donors (Lipinski definition) is 3. The number of aromatic amines is 2. The van der Waals surface area contributed by atoms with Gasteiger partial charge in [-0.3, -0.25) is 14.8 Å². The van der Waals surface area contributed by atoms with Crippen LogP contribution in [0.25, 0.3) is 0 Å². The SMILES string of the molecule is O=c1[nH]c(=S)[nH]c(O)c1C1=NCCCCC1. The number of aromatic nitrogens is 2. The van der Waals surface area contributed by atoms with Gasteiger partial charge in [-0.25, -0.2) is 0 Å². The zero-order valence-electron chi connectivity index (χ0n) is 8.75. The molecule has 86 valence electrons. The summed E-state index contributed by atoms with van der Waals surface area (Å²) >= 11 is 4.76. The minimum Gasteiger partial charge on any atom is -0.494 e. The third-order valence-corrected chi connectivity index (χ3v) is 2.79. The Balaban J connectivity index is 2.51. The molecule has 0 radical (unpaired) electrons. The topological polar surface area (TPSA) is 81.2 Å². The Labute approximate surface area is 97.3 Å². The van der Waals surface area contributed by atoms with Crippen LogP contribution in [0.2, 0.25) is 0 Å². The summed E-state index contributed by atoms with van der Waals surface area (Å²) in [7, 11) is 0. The molecular weight excluding hydrogens is 226 g/mol. The summed E-state index contributed by atoms with van der Waals surface area (Å²) in [4.78, 5) is 21.0. The van der Waals surface area contributed by atoms with Crippen molar-refractivity contribution in [3.63, 3.8) is 0 Å². The molecule has 5 nitrogen and oxygen atoms in total. The third kappa shape index (κ3) is 2.21. The van der Waals surface area contributed by atoms with Gasteiger partial charge in [-0.2, -0.15) is 0 Å². The van der Waals surface area contributed by atoms with Crippen molar-refractivity contribution in [1.82, 2.24) is 9.97 Å². The lowest BCUT2D eigenvalue weighted by Crippen LogP contribution is -2.19. The highest BCUT2D eigenvalue weighted by molar-refractivity contribution is 7.71. The van der Waals surface area contributed by atoms with Gasteiger partial charge in [0.2, 0.25) is 5.88 Å². The summed E-state index contributed by atoms with van der Waals surface area (Å²) in [5, 5.41) is 9.69. The summed E-state index contributed by atoms with van der Waals surface area (Å²) < 4.78 is 0.125. The molecule has 1 aromatic heterocycles. The van der Waals surface area contributed by atoms with Crippen LogP contribution in [0, 0.1) is 4.77 Å². The number of nitrogens with zero attached hydrogens (tertiary/aromatic N) is 1. The number of rotatable bonds is 1. The van der Waals surface area contributed by atoms with Crippen LogP contribution in [-0.2, 0) is 0 Å². The molecule has 0 bridgehead atoms. The highest BCUT2D eigenvalue weighted by Gasteiger charge is 2.15. The van der Waals surface area contributed by atoms with Crippen LogP contribution in [-0.4, -0.2) is 27.3 Å². The van der Waals surface area contributed by atoms with Gasteiger partial charge in [-0.05, 0) is 31.5 Å². The molecule has 6 heteroatoms. The average molecular weight is 239 g/mol. The lowest BCUT2D eigenvalue weighted by atomic mass is 10.1. The fourth-order valence-corrected chi connectivity index (χ4v) is 2.01. The summed E-state index contributed by atoms with van der Waals surface area (Å²) in [6, 6.07) is 0. The maximum Gasteiger partial charge on any atom is 0.264 e. The highest BCUT2D eigenvalue weighted by atomic mass is 32.1. The van der Waals surface area contributed by atoms with E-state index in [1.165, 1.54) is 0 Å². The molecule has 0 saturated carbocycles. The maximum absolute atomic E-state index is 11.7. The second-order valence-electron chi connectivity index (χ2n) is 3.77. The zero-order valence-corrected chi connectivity index (χ0v) is 9.56. The highest BCUT2D eigenvalue weighted by Crippen LogP contribution is 2.16. The monoisotopic (exact) mass is 239 g/mol. The van der Waals surface area contributed by atoms with Crippen LogP contribution in [0.5, 0.6) is 5.88 Å². The fraction of sp³-hybridized carbons (Fsp3) is 0.500. The summed E-state index contributed by atoms with van der Waals surface area (Å²) in [5.41, 5.74) is 0.528. The van der Waals surface area contributed by atoms with Crippen LogP contribution in [0.1, 0.15) is 31.2 Å². The van der Waals surface area contributed by atoms with Gasteiger partial charge in [0.1, 0.15) is 5.56 Å². The second kappa shape index (κ2) is 4.61. The molecule has 1 aliphatic heterocycles.